The number of aryl methyl sites for hydroxylation is 2. The third-order valence-electron chi connectivity index (χ3n) is 3.11. The second-order valence-corrected chi connectivity index (χ2v) is 6.70. The molecular weight excluding hydrogens is 305 g/mol. The zero-order chi connectivity index (χ0) is 16.2. The van der Waals surface area contributed by atoms with Crippen LogP contribution in [-0.2, 0) is 10.0 Å². The van der Waals surface area contributed by atoms with Crippen LogP contribution in [-0.4, -0.2) is 21.6 Å². The fourth-order valence-corrected chi connectivity index (χ4v) is 3.29. The van der Waals surface area contributed by atoms with Gasteiger partial charge in [-0.3, -0.25) is 0 Å². The van der Waals surface area contributed by atoms with E-state index in [-0.39, 0.29) is 23.9 Å². The monoisotopic (exact) mass is 323 g/mol. The summed E-state index contributed by atoms with van der Waals surface area (Å²) in [5.41, 5.74) is 1.58. The average Bonchev–Trinajstić information content (AvgIpc) is 2.48. The van der Waals surface area contributed by atoms with Crippen molar-refractivity contribution in [2.45, 2.75) is 18.7 Å². The minimum Gasteiger partial charge on any atom is -0.492 e. The predicted octanol–water partition coefficient (Wildman–Crippen LogP) is 2.80. The normalized spacial score (nSPS) is 11.4. The Labute approximate surface area is 130 Å². The van der Waals surface area contributed by atoms with Crippen molar-refractivity contribution in [1.82, 2.24) is 4.72 Å². The average molecular weight is 323 g/mol. The van der Waals surface area contributed by atoms with Gasteiger partial charge in [0, 0.05) is 6.54 Å². The summed E-state index contributed by atoms with van der Waals surface area (Å²) < 4.78 is 45.1. The van der Waals surface area contributed by atoms with E-state index in [9.17, 15) is 12.8 Å². The summed E-state index contributed by atoms with van der Waals surface area (Å²) in [7, 11) is -3.56. The predicted molar refractivity (Wildman–Crippen MR) is 83.0 cm³/mol. The van der Waals surface area contributed by atoms with Gasteiger partial charge in [-0.1, -0.05) is 12.1 Å². The second kappa shape index (κ2) is 6.89. The first-order chi connectivity index (χ1) is 10.4. The first-order valence-electron chi connectivity index (χ1n) is 6.84. The van der Waals surface area contributed by atoms with Crippen LogP contribution in [0.1, 0.15) is 11.1 Å². The number of hydrogen-bond donors (Lipinski definition) is 1. The van der Waals surface area contributed by atoms with Crippen LogP contribution in [0.3, 0.4) is 0 Å². The summed E-state index contributed by atoms with van der Waals surface area (Å²) in [6, 6.07) is 10.8. The molecule has 2 aromatic rings. The number of sulfonamides is 1. The smallest absolute Gasteiger partial charge is 0.240 e. The molecule has 0 unspecified atom stereocenters. The Morgan fingerprint density at radius 1 is 1.09 bits per heavy atom. The lowest BCUT2D eigenvalue weighted by atomic mass is 10.2. The van der Waals surface area contributed by atoms with Crippen LogP contribution in [0.4, 0.5) is 4.39 Å². The molecule has 0 heterocycles. The van der Waals surface area contributed by atoms with Crippen LogP contribution in [0, 0.1) is 19.7 Å². The van der Waals surface area contributed by atoms with Crippen LogP contribution in [0.25, 0.3) is 0 Å². The van der Waals surface area contributed by atoms with Crippen molar-refractivity contribution in [3.63, 3.8) is 0 Å². The third kappa shape index (κ3) is 4.29. The highest BCUT2D eigenvalue weighted by Crippen LogP contribution is 2.16. The maximum Gasteiger partial charge on any atom is 0.240 e. The number of rotatable bonds is 6. The van der Waals surface area contributed by atoms with E-state index in [0.29, 0.717) is 11.3 Å². The third-order valence-corrected chi connectivity index (χ3v) is 4.71. The van der Waals surface area contributed by atoms with Gasteiger partial charge in [-0.05, 0) is 55.3 Å². The van der Waals surface area contributed by atoms with Crippen molar-refractivity contribution < 1.29 is 17.5 Å². The summed E-state index contributed by atoms with van der Waals surface area (Å²) in [6.07, 6.45) is 0. The molecule has 0 aliphatic heterocycles. The maximum absolute atomic E-state index is 12.7. The molecule has 0 saturated heterocycles. The van der Waals surface area contributed by atoms with Crippen molar-refractivity contribution in [2.24, 2.45) is 0 Å². The first kappa shape index (κ1) is 16.5. The second-order valence-electron chi connectivity index (χ2n) is 4.97. The van der Waals surface area contributed by atoms with Gasteiger partial charge >= 0.3 is 0 Å². The molecule has 2 aromatic carbocycles. The largest absolute Gasteiger partial charge is 0.492 e. The highest BCUT2D eigenvalue weighted by molar-refractivity contribution is 7.89. The summed E-state index contributed by atoms with van der Waals surface area (Å²) in [6.45, 7) is 3.89. The summed E-state index contributed by atoms with van der Waals surface area (Å²) in [4.78, 5) is 0.272. The number of nitrogens with one attached hydrogen (secondary N) is 1. The Morgan fingerprint density at radius 3 is 2.45 bits per heavy atom. The van der Waals surface area contributed by atoms with E-state index in [1.807, 2.05) is 13.0 Å². The molecule has 0 radical (unpaired) electrons. The van der Waals surface area contributed by atoms with Crippen molar-refractivity contribution in [3.05, 3.63) is 59.4 Å². The molecule has 118 valence electrons. The van der Waals surface area contributed by atoms with Gasteiger partial charge in [-0.15, -0.1) is 0 Å². The lowest BCUT2D eigenvalue weighted by Gasteiger charge is -2.11. The molecule has 0 aliphatic carbocycles. The zero-order valence-corrected chi connectivity index (χ0v) is 13.3. The summed E-state index contributed by atoms with van der Waals surface area (Å²) >= 11 is 0. The number of ether oxygens (including phenoxy) is 1. The van der Waals surface area contributed by atoms with Gasteiger partial charge in [0.15, 0.2) is 0 Å². The van der Waals surface area contributed by atoms with E-state index in [1.54, 1.807) is 19.1 Å². The molecule has 0 atom stereocenters. The molecule has 22 heavy (non-hydrogen) atoms. The molecule has 0 aliphatic rings. The highest BCUT2D eigenvalue weighted by atomic mass is 32.2. The van der Waals surface area contributed by atoms with Crippen LogP contribution >= 0.6 is 0 Å². The molecule has 0 amide bonds. The minimum atomic E-state index is -3.56. The van der Waals surface area contributed by atoms with Gasteiger partial charge in [0.05, 0.1) is 4.90 Å². The molecule has 6 heteroatoms. The van der Waals surface area contributed by atoms with Gasteiger partial charge in [-0.2, -0.15) is 0 Å². The van der Waals surface area contributed by atoms with E-state index in [0.717, 1.165) is 5.56 Å². The minimum absolute atomic E-state index is 0.132. The van der Waals surface area contributed by atoms with E-state index in [2.05, 4.69) is 4.72 Å². The van der Waals surface area contributed by atoms with Crippen molar-refractivity contribution in [1.29, 1.82) is 0 Å². The number of benzene rings is 2. The van der Waals surface area contributed by atoms with Crippen LogP contribution in [0.5, 0.6) is 5.75 Å². The topological polar surface area (TPSA) is 55.4 Å². The van der Waals surface area contributed by atoms with Crippen molar-refractivity contribution in [3.8, 4) is 5.75 Å². The molecule has 0 fully saturated rings. The zero-order valence-electron chi connectivity index (χ0n) is 12.5. The van der Waals surface area contributed by atoms with E-state index >= 15 is 0 Å². The molecule has 0 saturated carbocycles. The fraction of sp³-hybridized carbons (Fsp3) is 0.250. The van der Waals surface area contributed by atoms with Crippen LogP contribution in [0.15, 0.2) is 47.4 Å². The van der Waals surface area contributed by atoms with Crippen molar-refractivity contribution >= 4 is 10.0 Å². The standard InChI is InChI=1S/C16H18FNO3S/c1-12-3-4-13(2)16(11-12)22(19,20)18-9-10-21-15-7-5-14(17)6-8-15/h3-8,11,18H,9-10H2,1-2H3. The number of hydrogen-bond acceptors (Lipinski definition) is 3. The molecule has 0 spiro atoms. The summed E-state index contributed by atoms with van der Waals surface area (Å²) in [5.74, 6) is 0.148. The fourth-order valence-electron chi connectivity index (χ4n) is 1.95. The number of halogens is 1. The van der Waals surface area contributed by atoms with E-state index in [4.69, 9.17) is 4.74 Å². The Hall–Kier alpha value is -1.92. The SMILES string of the molecule is Cc1ccc(C)c(S(=O)(=O)NCCOc2ccc(F)cc2)c1. The van der Waals surface area contributed by atoms with E-state index in [1.165, 1.54) is 24.3 Å². The van der Waals surface area contributed by atoms with Gasteiger partial charge < -0.3 is 4.74 Å². The quantitative estimate of drug-likeness (QED) is 0.832. The Bertz CT molecular complexity index is 742. The lowest BCUT2D eigenvalue weighted by Crippen LogP contribution is -2.28. The van der Waals surface area contributed by atoms with Crippen LogP contribution in [0.2, 0.25) is 0 Å². The van der Waals surface area contributed by atoms with Crippen molar-refractivity contribution in [2.75, 3.05) is 13.2 Å². The molecule has 2 rings (SSSR count). The summed E-state index contributed by atoms with van der Waals surface area (Å²) in [5, 5.41) is 0. The first-order valence-corrected chi connectivity index (χ1v) is 8.32. The maximum atomic E-state index is 12.7. The Kier molecular flexibility index (Phi) is 5.15. The molecular formula is C16H18FNO3S. The Balaban J connectivity index is 1.93. The van der Waals surface area contributed by atoms with E-state index < -0.39 is 10.0 Å². The van der Waals surface area contributed by atoms with Gasteiger partial charge in [0.2, 0.25) is 10.0 Å². The lowest BCUT2D eigenvalue weighted by molar-refractivity contribution is 0.322. The van der Waals surface area contributed by atoms with Crippen LogP contribution < -0.4 is 9.46 Å². The van der Waals surface area contributed by atoms with Gasteiger partial charge in [0.1, 0.15) is 18.2 Å². The molecule has 0 aromatic heterocycles. The van der Waals surface area contributed by atoms with Gasteiger partial charge in [0.25, 0.3) is 0 Å². The molecule has 0 bridgehead atoms. The molecule has 1 N–H and O–H groups in total. The highest BCUT2D eigenvalue weighted by Gasteiger charge is 2.16. The molecule has 4 nitrogen and oxygen atoms in total. The Morgan fingerprint density at radius 2 is 1.77 bits per heavy atom. The van der Waals surface area contributed by atoms with Gasteiger partial charge in [-0.25, -0.2) is 17.5 Å².